The van der Waals surface area contributed by atoms with E-state index >= 15 is 0 Å². The standard InChI is InChI=1S/C13H19BrO2S/c1-9-11(14)8-13(17-9)12(15)6-5-10-4-2-3-7-16-10/h8,10,12,15H,2-7H2,1H3. The topological polar surface area (TPSA) is 29.5 Å². The van der Waals surface area contributed by atoms with E-state index in [1.165, 1.54) is 17.7 Å². The molecule has 1 saturated heterocycles. The van der Waals surface area contributed by atoms with Gasteiger partial charge in [-0.05, 0) is 61.0 Å². The molecule has 96 valence electrons. The Morgan fingerprint density at radius 1 is 1.59 bits per heavy atom. The minimum atomic E-state index is -0.337. The molecular formula is C13H19BrO2S. The van der Waals surface area contributed by atoms with E-state index in [0.29, 0.717) is 6.10 Å². The van der Waals surface area contributed by atoms with Crippen LogP contribution < -0.4 is 0 Å². The van der Waals surface area contributed by atoms with Gasteiger partial charge in [0.15, 0.2) is 0 Å². The van der Waals surface area contributed by atoms with Crippen molar-refractivity contribution in [3.05, 3.63) is 20.3 Å². The smallest absolute Gasteiger partial charge is 0.0883 e. The molecule has 2 unspecified atom stereocenters. The van der Waals surface area contributed by atoms with Crippen LogP contribution in [0.1, 0.15) is 48.0 Å². The molecule has 0 amide bonds. The predicted octanol–water partition coefficient (Wildman–Crippen LogP) is 4.20. The minimum absolute atomic E-state index is 0.337. The Hall–Kier alpha value is 0.100. The van der Waals surface area contributed by atoms with E-state index in [1.54, 1.807) is 11.3 Å². The fourth-order valence-electron chi connectivity index (χ4n) is 2.17. The molecule has 0 aliphatic carbocycles. The molecule has 2 heterocycles. The lowest BCUT2D eigenvalue weighted by molar-refractivity contribution is 0.00236. The van der Waals surface area contributed by atoms with Gasteiger partial charge in [-0.1, -0.05) is 0 Å². The van der Waals surface area contributed by atoms with Crippen molar-refractivity contribution < 1.29 is 9.84 Å². The number of halogens is 1. The van der Waals surface area contributed by atoms with Gasteiger partial charge in [-0.3, -0.25) is 0 Å². The van der Waals surface area contributed by atoms with Crippen molar-refractivity contribution in [3.8, 4) is 0 Å². The van der Waals surface area contributed by atoms with Gasteiger partial charge in [-0.15, -0.1) is 11.3 Å². The van der Waals surface area contributed by atoms with E-state index in [9.17, 15) is 5.11 Å². The molecule has 17 heavy (non-hydrogen) atoms. The number of hydrogen-bond donors (Lipinski definition) is 1. The molecule has 2 rings (SSSR count). The van der Waals surface area contributed by atoms with E-state index in [1.807, 2.05) is 6.07 Å². The highest BCUT2D eigenvalue weighted by molar-refractivity contribution is 9.10. The Morgan fingerprint density at radius 3 is 3.00 bits per heavy atom. The molecule has 4 heteroatoms. The summed E-state index contributed by atoms with van der Waals surface area (Å²) >= 11 is 5.16. The number of hydrogen-bond acceptors (Lipinski definition) is 3. The van der Waals surface area contributed by atoms with Crippen LogP contribution in [-0.4, -0.2) is 17.8 Å². The maximum absolute atomic E-state index is 10.1. The first-order valence-electron chi connectivity index (χ1n) is 6.22. The van der Waals surface area contributed by atoms with Gasteiger partial charge in [0.25, 0.3) is 0 Å². The van der Waals surface area contributed by atoms with Crippen LogP contribution in [0.3, 0.4) is 0 Å². The summed E-state index contributed by atoms with van der Waals surface area (Å²) in [6.07, 6.45) is 5.41. The second-order valence-electron chi connectivity index (χ2n) is 4.63. The number of rotatable bonds is 4. The number of aliphatic hydroxyl groups is 1. The molecule has 1 aliphatic heterocycles. The van der Waals surface area contributed by atoms with Crippen LogP contribution >= 0.6 is 27.3 Å². The monoisotopic (exact) mass is 318 g/mol. The molecule has 0 saturated carbocycles. The Bertz CT molecular complexity index is 339. The van der Waals surface area contributed by atoms with Crippen LogP contribution in [0, 0.1) is 6.92 Å². The molecule has 0 aromatic carbocycles. The largest absolute Gasteiger partial charge is 0.388 e. The van der Waals surface area contributed by atoms with Gasteiger partial charge in [0.05, 0.1) is 12.2 Å². The third-order valence-electron chi connectivity index (χ3n) is 3.24. The molecule has 0 radical (unpaired) electrons. The average molecular weight is 319 g/mol. The predicted molar refractivity (Wildman–Crippen MR) is 74.5 cm³/mol. The summed E-state index contributed by atoms with van der Waals surface area (Å²) in [5, 5.41) is 10.1. The zero-order valence-corrected chi connectivity index (χ0v) is 12.5. The summed E-state index contributed by atoms with van der Waals surface area (Å²) in [4.78, 5) is 2.29. The lowest BCUT2D eigenvalue weighted by Gasteiger charge is -2.23. The fourth-order valence-corrected chi connectivity index (χ4v) is 3.75. The van der Waals surface area contributed by atoms with Crippen molar-refractivity contribution in [1.29, 1.82) is 0 Å². The van der Waals surface area contributed by atoms with Crippen LogP contribution in [0.5, 0.6) is 0 Å². The van der Waals surface area contributed by atoms with Gasteiger partial charge < -0.3 is 9.84 Å². The van der Waals surface area contributed by atoms with E-state index < -0.39 is 0 Å². The summed E-state index contributed by atoms with van der Waals surface area (Å²) in [6.45, 7) is 2.96. The first kappa shape index (κ1) is 13.5. The molecule has 2 nitrogen and oxygen atoms in total. The zero-order valence-electron chi connectivity index (χ0n) is 10.1. The maximum atomic E-state index is 10.1. The van der Waals surface area contributed by atoms with Gasteiger partial charge in [-0.25, -0.2) is 0 Å². The van der Waals surface area contributed by atoms with Crippen LogP contribution in [-0.2, 0) is 4.74 Å². The van der Waals surface area contributed by atoms with Crippen molar-refractivity contribution in [1.82, 2.24) is 0 Å². The third-order valence-corrected chi connectivity index (χ3v) is 5.48. The van der Waals surface area contributed by atoms with Gasteiger partial charge >= 0.3 is 0 Å². The first-order valence-corrected chi connectivity index (χ1v) is 7.83. The van der Waals surface area contributed by atoms with E-state index in [0.717, 1.165) is 35.2 Å². The highest BCUT2D eigenvalue weighted by Crippen LogP contribution is 2.33. The second-order valence-corrected chi connectivity index (χ2v) is 6.78. The molecule has 0 spiro atoms. The molecular weight excluding hydrogens is 300 g/mol. The van der Waals surface area contributed by atoms with Gasteiger partial charge in [0, 0.05) is 20.8 Å². The van der Waals surface area contributed by atoms with Crippen LogP contribution in [0.15, 0.2) is 10.5 Å². The second kappa shape index (κ2) is 6.32. The normalized spacial score (nSPS) is 22.6. The lowest BCUT2D eigenvalue weighted by atomic mass is 10.0. The van der Waals surface area contributed by atoms with Crippen molar-refractivity contribution in [2.75, 3.05) is 6.61 Å². The number of thiophene rings is 1. The van der Waals surface area contributed by atoms with Gasteiger partial charge in [0.2, 0.25) is 0 Å². The summed E-state index contributed by atoms with van der Waals surface area (Å²) in [7, 11) is 0. The summed E-state index contributed by atoms with van der Waals surface area (Å²) in [5.41, 5.74) is 0. The number of aliphatic hydroxyl groups excluding tert-OH is 1. The first-order chi connectivity index (χ1) is 8.16. The Labute approximate surface area is 115 Å². The van der Waals surface area contributed by atoms with Crippen molar-refractivity contribution in [3.63, 3.8) is 0 Å². The molecule has 1 N–H and O–H groups in total. The van der Waals surface area contributed by atoms with Crippen LogP contribution in [0.2, 0.25) is 0 Å². The van der Waals surface area contributed by atoms with Crippen molar-refractivity contribution >= 4 is 27.3 Å². The highest BCUT2D eigenvalue weighted by Gasteiger charge is 2.17. The SMILES string of the molecule is Cc1sc(C(O)CCC2CCCCO2)cc1Br. The van der Waals surface area contributed by atoms with Crippen LogP contribution in [0.4, 0.5) is 0 Å². The minimum Gasteiger partial charge on any atom is -0.388 e. The number of aryl methyl sites for hydroxylation is 1. The molecule has 1 aromatic heterocycles. The quantitative estimate of drug-likeness (QED) is 0.901. The lowest BCUT2D eigenvalue weighted by Crippen LogP contribution is -2.19. The molecule has 0 bridgehead atoms. The summed E-state index contributed by atoms with van der Waals surface area (Å²) in [6, 6.07) is 2.03. The summed E-state index contributed by atoms with van der Waals surface area (Å²) < 4.78 is 6.78. The Kier molecular flexibility index (Phi) is 5.03. The van der Waals surface area contributed by atoms with Crippen molar-refractivity contribution in [2.24, 2.45) is 0 Å². The molecule has 1 fully saturated rings. The number of ether oxygens (including phenoxy) is 1. The van der Waals surface area contributed by atoms with Crippen molar-refractivity contribution in [2.45, 2.75) is 51.2 Å². The average Bonchev–Trinajstić information content (AvgIpc) is 2.68. The Balaban J connectivity index is 1.82. The Morgan fingerprint density at radius 2 is 2.41 bits per heavy atom. The van der Waals surface area contributed by atoms with E-state index in [-0.39, 0.29) is 6.10 Å². The molecule has 1 aliphatic rings. The van der Waals surface area contributed by atoms with E-state index in [2.05, 4.69) is 22.9 Å². The molecule has 2 atom stereocenters. The highest BCUT2D eigenvalue weighted by atomic mass is 79.9. The maximum Gasteiger partial charge on any atom is 0.0883 e. The van der Waals surface area contributed by atoms with Gasteiger partial charge in [0.1, 0.15) is 0 Å². The van der Waals surface area contributed by atoms with E-state index in [4.69, 9.17) is 4.74 Å². The molecule has 1 aromatic rings. The third kappa shape index (κ3) is 3.78. The van der Waals surface area contributed by atoms with Gasteiger partial charge in [-0.2, -0.15) is 0 Å². The fraction of sp³-hybridized carbons (Fsp3) is 0.692. The van der Waals surface area contributed by atoms with Crippen LogP contribution in [0.25, 0.3) is 0 Å². The summed E-state index contributed by atoms with van der Waals surface area (Å²) in [5.74, 6) is 0. The zero-order chi connectivity index (χ0) is 12.3.